The van der Waals surface area contributed by atoms with Gasteiger partial charge in [0.15, 0.2) is 0 Å². The molecule has 0 atom stereocenters. The van der Waals surface area contributed by atoms with Crippen molar-refractivity contribution in [3.8, 4) is 0 Å². The van der Waals surface area contributed by atoms with Crippen molar-refractivity contribution in [1.82, 2.24) is 0 Å². The molecule has 2 saturated carbocycles. The molecule has 0 aromatic rings. The van der Waals surface area contributed by atoms with E-state index in [1.807, 2.05) is 12.5 Å². The molecule has 0 saturated heterocycles. The van der Waals surface area contributed by atoms with E-state index in [0.717, 1.165) is 11.8 Å². The van der Waals surface area contributed by atoms with Crippen LogP contribution < -0.4 is 0 Å². The Morgan fingerprint density at radius 2 is 1.16 bits per heavy atom. The van der Waals surface area contributed by atoms with Gasteiger partial charge in [-0.15, -0.1) is 0 Å². The van der Waals surface area contributed by atoms with Crippen LogP contribution in [0.15, 0.2) is 23.7 Å². The van der Waals surface area contributed by atoms with E-state index in [4.69, 9.17) is 4.74 Å². The molecular weight excluding hydrogens is 232 g/mol. The third-order valence-corrected chi connectivity index (χ3v) is 5.12. The van der Waals surface area contributed by atoms with Crippen LogP contribution >= 0.6 is 0 Å². The molecule has 0 bridgehead atoms. The zero-order valence-corrected chi connectivity index (χ0v) is 12.8. The number of rotatable bonds is 4. The van der Waals surface area contributed by atoms with Crippen molar-refractivity contribution in [2.24, 2.45) is 11.8 Å². The van der Waals surface area contributed by atoms with E-state index in [1.54, 1.807) is 0 Å². The lowest BCUT2D eigenvalue weighted by atomic mass is 9.85. The molecule has 19 heavy (non-hydrogen) atoms. The van der Waals surface area contributed by atoms with Crippen LogP contribution in [0.1, 0.15) is 78.1 Å². The number of hydrogen-bond donors (Lipinski definition) is 0. The number of hydrogen-bond acceptors (Lipinski definition) is 1. The van der Waals surface area contributed by atoms with Crippen LogP contribution in [0.4, 0.5) is 0 Å². The molecule has 0 aromatic carbocycles. The van der Waals surface area contributed by atoms with Gasteiger partial charge in [0, 0.05) is 0 Å². The highest BCUT2D eigenvalue weighted by atomic mass is 16.5. The standard InChI is InChI=1S/C18H30O/c1-3-15-5-9-17(10-6-15)13-19-14-18-11-7-16(4-2)8-12-18/h13-16H,3-12H2,1-2H3. The summed E-state index contributed by atoms with van der Waals surface area (Å²) in [7, 11) is 0. The van der Waals surface area contributed by atoms with Crippen molar-refractivity contribution in [3.05, 3.63) is 23.7 Å². The Morgan fingerprint density at radius 1 is 0.789 bits per heavy atom. The maximum Gasteiger partial charge on any atom is 0.0893 e. The lowest BCUT2D eigenvalue weighted by Gasteiger charge is -2.23. The Hall–Kier alpha value is -0.720. The van der Waals surface area contributed by atoms with Crippen LogP contribution in [0.3, 0.4) is 0 Å². The van der Waals surface area contributed by atoms with Crippen molar-refractivity contribution in [1.29, 1.82) is 0 Å². The van der Waals surface area contributed by atoms with Gasteiger partial charge >= 0.3 is 0 Å². The molecule has 0 radical (unpaired) electrons. The monoisotopic (exact) mass is 262 g/mol. The van der Waals surface area contributed by atoms with Gasteiger partial charge in [-0.3, -0.25) is 0 Å². The molecule has 1 heteroatoms. The molecule has 108 valence electrons. The minimum Gasteiger partial charge on any atom is -0.473 e. The van der Waals surface area contributed by atoms with Crippen molar-refractivity contribution in [2.45, 2.75) is 78.1 Å². The first-order valence-corrected chi connectivity index (χ1v) is 8.33. The zero-order valence-electron chi connectivity index (χ0n) is 12.8. The van der Waals surface area contributed by atoms with E-state index in [2.05, 4.69) is 13.8 Å². The Kier molecular flexibility index (Phi) is 6.00. The van der Waals surface area contributed by atoms with Crippen LogP contribution in [0.25, 0.3) is 0 Å². The first-order chi connectivity index (χ1) is 9.31. The summed E-state index contributed by atoms with van der Waals surface area (Å²) in [5.41, 5.74) is 3.03. The fourth-order valence-corrected chi connectivity index (χ4v) is 3.38. The van der Waals surface area contributed by atoms with Crippen molar-refractivity contribution in [3.63, 3.8) is 0 Å². The van der Waals surface area contributed by atoms with Gasteiger partial charge in [0.1, 0.15) is 0 Å². The molecule has 1 nitrogen and oxygen atoms in total. The van der Waals surface area contributed by atoms with Crippen molar-refractivity contribution >= 4 is 0 Å². The van der Waals surface area contributed by atoms with E-state index in [0.29, 0.717) is 0 Å². The Balaban J connectivity index is 1.71. The van der Waals surface area contributed by atoms with E-state index in [9.17, 15) is 0 Å². The molecule has 0 heterocycles. The highest BCUT2D eigenvalue weighted by Gasteiger charge is 2.16. The summed E-state index contributed by atoms with van der Waals surface area (Å²) in [4.78, 5) is 0. The average Bonchev–Trinajstić information content (AvgIpc) is 2.49. The summed E-state index contributed by atoms with van der Waals surface area (Å²) in [5, 5.41) is 0. The van der Waals surface area contributed by atoms with Crippen LogP contribution in [-0.2, 0) is 4.74 Å². The molecule has 0 aromatic heterocycles. The molecule has 2 rings (SSSR count). The van der Waals surface area contributed by atoms with E-state index < -0.39 is 0 Å². The number of allylic oxidation sites excluding steroid dienone is 2. The molecule has 0 spiro atoms. The quantitative estimate of drug-likeness (QED) is 0.567. The Labute approximate surface area is 119 Å². The second-order valence-corrected chi connectivity index (χ2v) is 6.39. The van der Waals surface area contributed by atoms with Gasteiger partial charge in [0.25, 0.3) is 0 Å². The van der Waals surface area contributed by atoms with Gasteiger partial charge in [-0.1, -0.05) is 26.7 Å². The van der Waals surface area contributed by atoms with Crippen LogP contribution in [0.5, 0.6) is 0 Å². The highest BCUT2D eigenvalue weighted by Crippen LogP contribution is 2.31. The summed E-state index contributed by atoms with van der Waals surface area (Å²) in [6.45, 7) is 4.62. The van der Waals surface area contributed by atoms with Crippen LogP contribution in [-0.4, -0.2) is 0 Å². The zero-order chi connectivity index (χ0) is 13.5. The second kappa shape index (κ2) is 7.77. The average molecular weight is 262 g/mol. The summed E-state index contributed by atoms with van der Waals surface area (Å²) in [6.07, 6.45) is 17.2. The smallest absolute Gasteiger partial charge is 0.0893 e. The molecule has 0 N–H and O–H groups in total. The van der Waals surface area contributed by atoms with Gasteiger partial charge in [-0.25, -0.2) is 0 Å². The Morgan fingerprint density at radius 3 is 1.47 bits per heavy atom. The fraction of sp³-hybridized carbons (Fsp3) is 0.778. The second-order valence-electron chi connectivity index (χ2n) is 6.39. The molecule has 2 fully saturated rings. The minimum absolute atomic E-state index is 0.958. The fourth-order valence-electron chi connectivity index (χ4n) is 3.38. The largest absolute Gasteiger partial charge is 0.473 e. The third kappa shape index (κ3) is 4.71. The van der Waals surface area contributed by atoms with Crippen LogP contribution in [0, 0.1) is 11.8 Å². The van der Waals surface area contributed by atoms with Gasteiger partial charge in [-0.2, -0.15) is 0 Å². The summed E-state index contributed by atoms with van der Waals surface area (Å²) in [6, 6.07) is 0. The molecule has 2 aliphatic carbocycles. The molecule has 0 unspecified atom stereocenters. The summed E-state index contributed by atoms with van der Waals surface area (Å²) < 4.78 is 5.73. The van der Waals surface area contributed by atoms with Crippen LogP contribution in [0.2, 0.25) is 0 Å². The Bertz CT molecular complexity index is 275. The molecular formula is C18H30O. The SMILES string of the molecule is CCC1CCC(=COC=C2CCC(CC)CC2)CC1. The predicted molar refractivity (Wildman–Crippen MR) is 81.7 cm³/mol. The normalized spacial score (nSPS) is 28.1. The maximum absolute atomic E-state index is 5.73. The van der Waals surface area contributed by atoms with E-state index >= 15 is 0 Å². The first kappa shape index (κ1) is 14.7. The lowest BCUT2D eigenvalue weighted by molar-refractivity contribution is 0.345. The van der Waals surface area contributed by atoms with Crippen molar-refractivity contribution in [2.75, 3.05) is 0 Å². The van der Waals surface area contributed by atoms with Gasteiger partial charge in [-0.05, 0) is 74.3 Å². The predicted octanol–water partition coefficient (Wildman–Crippen LogP) is 5.97. The van der Waals surface area contributed by atoms with E-state index in [1.165, 1.54) is 75.4 Å². The third-order valence-electron chi connectivity index (χ3n) is 5.12. The minimum atomic E-state index is 0.958. The van der Waals surface area contributed by atoms with E-state index in [-0.39, 0.29) is 0 Å². The van der Waals surface area contributed by atoms with Gasteiger partial charge in [0.2, 0.25) is 0 Å². The summed E-state index contributed by atoms with van der Waals surface area (Å²) >= 11 is 0. The highest BCUT2D eigenvalue weighted by molar-refractivity contribution is 5.05. The topological polar surface area (TPSA) is 9.23 Å². The molecule has 2 aliphatic rings. The van der Waals surface area contributed by atoms with Crippen molar-refractivity contribution < 1.29 is 4.74 Å². The maximum atomic E-state index is 5.73. The number of ether oxygens (including phenoxy) is 1. The summed E-state index contributed by atoms with van der Waals surface area (Å²) in [5.74, 6) is 1.92. The molecule has 0 aliphatic heterocycles. The lowest BCUT2D eigenvalue weighted by Crippen LogP contribution is -2.07. The van der Waals surface area contributed by atoms with Gasteiger partial charge < -0.3 is 4.74 Å². The van der Waals surface area contributed by atoms with Gasteiger partial charge in [0.05, 0.1) is 12.5 Å². The molecule has 0 amide bonds. The first-order valence-electron chi connectivity index (χ1n) is 8.33.